The molecule has 0 spiro atoms. The molecule has 0 fully saturated rings. The molecule has 19 heavy (non-hydrogen) atoms. The van der Waals surface area contributed by atoms with Crippen LogP contribution in [0.5, 0.6) is 5.75 Å². The minimum atomic E-state index is -0.405. The summed E-state index contributed by atoms with van der Waals surface area (Å²) in [5.41, 5.74) is 2.28. The SMILES string of the molecule is COc1ccc(C)c(Nc2ccccc2[N+](=O)[O-])c1. The van der Waals surface area contributed by atoms with Crippen molar-refractivity contribution in [3.63, 3.8) is 0 Å². The molecule has 0 aliphatic carbocycles. The van der Waals surface area contributed by atoms with E-state index in [9.17, 15) is 10.1 Å². The number of hydrogen-bond acceptors (Lipinski definition) is 4. The van der Waals surface area contributed by atoms with E-state index in [1.807, 2.05) is 25.1 Å². The summed E-state index contributed by atoms with van der Waals surface area (Å²) in [6.45, 7) is 1.93. The molecule has 0 amide bonds. The van der Waals surface area contributed by atoms with Gasteiger partial charge in [-0.05, 0) is 24.6 Å². The molecule has 2 rings (SSSR count). The van der Waals surface area contributed by atoms with Crippen LogP contribution in [0.3, 0.4) is 0 Å². The maximum atomic E-state index is 11.0. The second-order valence-electron chi connectivity index (χ2n) is 4.08. The Morgan fingerprint density at radius 2 is 1.89 bits per heavy atom. The largest absolute Gasteiger partial charge is 0.497 e. The fraction of sp³-hybridized carbons (Fsp3) is 0.143. The number of rotatable bonds is 4. The van der Waals surface area contributed by atoms with Crippen LogP contribution in [0.25, 0.3) is 0 Å². The molecular weight excluding hydrogens is 244 g/mol. The van der Waals surface area contributed by atoms with Gasteiger partial charge in [0.1, 0.15) is 11.4 Å². The van der Waals surface area contributed by atoms with Gasteiger partial charge in [-0.1, -0.05) is 18.2 Å². The Kier molecular flexibility index (Phi) is 3.66. The predicted molar refractivity (Wildman–Crippen MR) is 74.1 cm³/mol. The van der Waals surface area contributed by atoms with Crippen molar-refractivity contribution < 1.29 is 9.66 Å². The average molecular weight is 258 g/mol. The third kappa shape index (κ3) is 2.82. The molecule has 0 aliphatic heterocycles. The van der Waals surface area contributed by atoms with Crippen molar-refractivity contribution in [2.24, 2.45) is 0 Å². The first kappa shape index (κ1) is 12.9. The van der Waals surface area contributed by atoms with Crippen molar-refractivity contribution in [2.75, 3.05) is 12.4 Å². The van der Waals surface area contributed by atoms with Crippen LogP contribution in [-0.4, -0.2) is 12.0 Å². The second kappa shape index (κ2) is 5.39. The molecule has 0 aromatic heterocycles. The van der Waals surface area contributed by atoms with Gasteiger partial charge in [0.2, 0.25) is 0 Å². The van der Waals surface area contributed by atoms with Gasteiger partial charge in [-0.3, -0.25) is 10.1 Å². The summed E-state index contributed by atoms with van der Waals surface area (Å²) in [4.78, 5) is 10.6. The lowest BCUT2D eigenvalue weighted by atomic mass is 10.1. The highest BCUT2D eigenvalue weighted by atomic mass is 16.6. The Labute approximate surface area is 111 Å². The van der Waals surface area contributed by atoms with Gasteiger partial charge in [-0.2, -0.15) is 0 Å². The van der Waals surface area contributed by atoms with Gasteiger partial charge >= 0.3 is 0 Å². The van der Waals surface area contributed by atoms with Crippen molar-refractivity contribution in [3.8, 4) is 5.75 Å². The summed E-state index contributed by atoms with van der Waals surface area (Å²) in [5.74, 6) is 0.701. The highest BCUT2D eigenvalue weighted by Crippen LogP contribution is 2.30. The molecule has 0 heterocycles. The fourth-order valence-electron chi connectivity index (χ4n) is 1.75. The molecule has 0 saturated carbocycles. The second-order valence-corrected chi connectivity index (χ2v) is 4.08. The van der Waals surface area contributed by atoms with Crippen molar-refractivity contribution >= 4 is 17.1 Å². The van der Waals surface area contributed by atoms with Gasteiger partial charge in [-0.15, -0.1) is 0 Å². The fourth-order valence-corrected chi connectivity index (χ4v) is 1.75. The number of methoxy groups -OCH3 is 1. The third-order valence-corrected chi connectivity index (χ3v) is 2.81. The topological polar surface area (TPSA) is 64.4 Å². The van der Waals surface area contributed by atoms with E-state index in [1.54, 1.807) is 25.3 Å². The number of benzene rings is 2. The van der Waals surface area contributed by atoms with Crippen LogP contribution in [0, 0.1) is 17.0 Å². The summed E-state index contributed by atoms with van der Waals surface area (Å²) in [6, 6.07) is 12.1. The smallest absolute Gasteiger partial charge is 0.292 e. The van der Waals surface area contributed by atoms with Gasteiger partial charge in [-0.25, -0.2) is 0 Å². The third-order valence-electron chi connectivity index (χ3n) is 2.81. The zero-order valence-electron chi connectivity index (χ0n) is 10.7. The van der Waals surface area contributed by atoms with E-state index in [0.29, 0.717) is 11.4 Å². The molecule has 0 bridgehead atoms. The highest BCUT2D eigenvalue weighted by Gasteiger charge is 2.13. The summed E-state index contributed by atoms with van der Waals surface area (Å²) in [7, 11) is 1.58. The number of hydrogen-bond donors (Lipinski definition) is 1. The van der Waals surface area contributed by atoms with Gasteiger partial charge in [0.05, 0.1) is 12.0 Å². The first-order chi connectivity index (χ1) is 9.11. The van der Waals surface area contributed by atoms with Crippen molar-refractivity contribution in [1.29, 1.82) is 0 Å². The summed E-state index contributed by atoms with van der Waals surface area (Å²) < 4.78 is 5.15. The maximum absolute atomic E-state index is 11.0. The number of nitrogens with zero attached hydrogens (tertiary/aromatic N) is 1. The maximum Gasteiger partial charge on any atom is 0.292 e. The van der Waals surface area contributed by atoms with Crippen LogP contribution < -0.4 is 10.1 Å². The zero-order valence-corrected chi connectivity index (χ0v) is 10.7. The van der Waals surface area contributed by atoms with E-state index in [2.05, 4.69) is 5.32 Å². The van der Waals surface area contributed by atoms with Crippen LogP contribution >= 0.6 is 0 Å². The van der Waals surface area contributed by atoms with Gasteiger partial charge in [0.15, 0.2) is 0 Å². The van der Waals surface area contributed by atoms with E-state index >= 15 is 0 Å². The molecule has 98 valence electrons. The summed E-state index contributed by atoms with van der Waals surface area (Å²) >= 11 is 0. The predicted octanol–water partition coefficient (Wildman–Crippen LogP) is 3.66. The Bertz CT molecular complexity index is 611. The number of nitro groups is 1. The van der Waals surface area contributed by atoms with Gasteiger partial charge in [0.25, 0.3) is 5.69 Å². The number of aryl methyl sites for hydroxylation is 1. The van der Waals surface area contributed by atoms with Gasteiger partial charge < -0.3 is 10.1 Å². The zero-order chi connectivity index (χ0) is 13.8. The molecular formula is C14H14N2O3. The van der Waals surface area contributed by atoms with E-state index in [1.165, 1.54) is 6.07 Å². The van der Waals surface area contributed by atoms with Crippen LogP contribution in [0.2, 0.25) is 0 Å². The van der Waals surface area contributed by atoms with Crippen molar-refractivity contribution in [3.05, 3.63) is 58.1 Å². The van der Waals surface area contributed by atoms with E-state index in [0.717, 1.165) is 11.3 Å². The Morgan fingerprint density at radius 3 is 2.58 bits per heavy atom. The molecule has 0 saturated heterocycles. The lowest BCUT2D eigenvalue weighted by molar-refractivity contribution is -0.383. The molecule has 5 heteroatoms. The number of anilines is 2. The molecule has 0 unspecified atom stereocenters. The summed E-state index contributed by atoms with van der Waals surface area (Å²) in [5, 5.41) is 14.0. The van der Waals surface area contributed by atoms with Crippen LogP contribution in [0.15, 0.2) is 42.5 Å². The van der Waals surface area contributed by atoms with Gasteiger partial charge in [0, 0.05) is 17.8 Å². The quantitative estimate of drug-likeness (QED) is 0.671. The lowest BCUT2D eigenvalue weighted by Gasteiger charge is -2.11. The van der Waals surface area contributed by atoms with Crippen LogP contribution in [0.4, 0.5) is 17.1 Å². The number of ether oxygens (including phenoxy) is 1. The lowest BCUT2D eigenvalue weighted by Crippen LogP contribution is -1.98. The van der Waals surface area contributed by atoms with E-state index in [-0.39, 0.29) is 5.69 Å². The van der Waals surface area contributed by atoms with Crippen molar-refractivity contribution in [1.82, 2.24) is 0 Å². The molecule has 0 aliphatic rings. The number of nitrogens with one attached hydrogen (secondary N) is 1. The molecule has 1 N–H and O–H groups in total. The molecule has 5 nitrogen and oxygen atoms in total. The summed E-state index contributed by atoms with van der Waals surface area (Å²) in [6.07, 6.45) is 0. The van der Waals surface area contributed by atoms with Crippen LogP contribution in [-0.2, 0) is 0 Å². The molecule has 2 aromatic carbocycles. The minimum Gasteiger partial charge on any atom is -0.497 e. The molecule has 0 atom stereocenters. The van der Waals surface area contributed by atoms with E-state index in [4.69, 9.17) is 4.74 Å². The molecule has 2 aromatic rings. The van der Waals surface area contributed by atoms with Crippen molar-refractivity contribution in [2.45, 2.75) is 6.92 Å². The first-order valence-corrected chi connectivity index (χ1v) is 5.77. The average Bonchev–Trinajstić information content (AvgIpc) is 2.41. The van der Waals surface area contributed by atoms with E-state index < -0.39 is 4.92 Å². The standard InChI is InChI=1S/C14H14N2O3/c1-10-7-8-11(19-2)9-13(10)15-12-5-3-4-6-14(12)16(17)18/h3-9,15H,1-2H3. The Balaban J connectivity index is 2.38. The monoisotopic (exact) mass is 258 g/mol. The Hall–Kier alpha value is -2.56. The number of nitro benzene ring substituents is 1. The minimum absolute atomic E-state index is 0.0460. The molecule has 0 radical (unpaired) electrons. The normalized spacial score (nSPS) is 10.0. The number of para-hydroxylation sites is 2. The Morgan fingerprint density at radius 1 is 1.16 bits per heavy atom. The highest BCUT2D eigenvalue weighted by molar-refractivity contribution is 5.71. The first-order valence-electron chi connectivity index (χ1n) is 5.77. The van der Waals surface area contributed by atoms with Crippen LogP contribution in [0.1, 0.15) is 5.56 Å².